The molecule has 0 aliphatic heterocycles. The van der Waals surface area contributed by atoms with E-state index in [-0.39, 0.29) is 0 Å². The van der Waals surface area contributed by atoms with Gasteiger partial charge in [0.05, 0.1) is 21.4 Å². The molecule has 0 N–H and O–H groups in total. The minimum atomic E-state index is -0.823. The largest absolute Gasteiger partial charge is 0.254 e. The lowest BCUT2D eigenvalue weighted by molar-refractivity contribution is 0.683. The van der Waals surface area contributed by atoms with Gasteiger partial charge < -0.3 is 0 Å². The highest BCUT2D eigenvalue weighted by Gasteiger charge is 2.05. The Morgan fingerprint density at radius 1 is 1.80 bits per heavy atom. The van der Waals surface area contributed by atoms with E-state index in [1.807, 2.05) is 19.2 Å². The third-order valence-corrected chi connectivity index (χ3v) is 3.51. The molecule has 0 radical (unpaired) electrons. The lowest BCUT2D eigenvalue weighted by Gasteiger charge is -1.92. The van der Waals surface area contributed by atoms with Gasteiger partial charge in [0.15, 0.2) is 0 Å². The fourth-order valence-electron chi connectivity index (χ4n) is 0.657. The van der Waals surface area contributed by atoms with Crippen molar-refractivity contribution >= 4 is 22.3 Å². The molecular weight excluding hydrogens is 166 g/mol. The molecule has 1 unspecified atom stereocenters. The molecule has 0 bridgehead atoms. The maximum Gasteiger partial charge on any atom is 0.0724 e. The van der Waals surface area contributed by atoms with Crippen LogP contribution in [-0.2, 0) is 10.8 Å². The maximum atomic E-state index is 11.2. The highest BCUT2D eigenvalue weighted by Crippen LogP contribution is 2.13. The van der Waals surface area contributed by atoms with Crippen molar-refractivity contribution in [2.24, 2.45) is 0 Å². The van der Waals surface area contributed by atoms with E-state index >= 15 is 0 Å². The van der Waals surface area contributed by atoms with Crippen LogP contribution in [0.25, 0.3) is 0 Å². The molecule has 0 spiro atoms. The first-order valence-corrected chi connectivity index (χ1v) is 5.20. The van der Waals surface area contributed by atoms with E-state index in [0.29, 0.717) is 5.75 Å². The van der Waals surface area contributed by atoms with Gasteiger partial charge in [-0.25, -0.2) is 0 Å². The van der Waals surface area contributed by atoms with Crippen LogP contribution in [0, 0.1) is 6.92 Å². The summed E-state index contributed by atoms with van der Waals surface area (Å²) < 4.78 is 15.2. The summed E-state index contributed by atoms with van der Waals surface area (Å²) in [5.74, 6) is 0.680. The summed E-state index contributed by atoms with van der Waals surface area (Å²) in [7, 11) is -0.823. The topological polar surface area (TPSA) is 30.0 Å². The average molecular weight is 175 g/mol. The number of nitrogens with zero attached hydrogens (tertiary/aromatic N) is 1. The Morgan fingerprint density at radius 3 is 2.90 bits per heavy atom. The predicted octanol–water partition coefficient (Wildman–Crippen LogP) is 1.58. The fraction of sp³-hybridized carbons (Fsp3) is 0.500. The van der Waals surface area contributed by atoms with Gasteiger partial charge in [0.25, 0.3) is 0 Å². The Hall–Kier alpha value is -0.220. The quantitative estimate of drug-likeness (QED) is 0.683. The van der Waals surface area contributed by atoms with Gasteiger partial charge in [0.2, 0.25) is 0 Å². The summed E-state index contributed by atoms with van der Waals surface area (Å²) in [6, 6.07) is 0. The Balaban J connectivity index is 2.93. The van der Waals surface area contributed by atoms with Gasteiger partial charge in [0, 0.05) is 11.1 Å². The first-order chi connectivity index (χ1) is 4.75. The summed E-state index contributed by atoms with van der Waals surface area (Å²) in [6.45, 7) is 3.80. The Morgan fingerprint density at radius 2 is 2.50 bits per heavy atom. The molecule has 0 saturated heterocycles. The van der Waals surface area contributed by atoms with Gasteiger partial charge in [-0.2, -0.15) is 4.37 Å². The van der Waals surface area contributed by atoms with E-state index in [4.69, 9.17) is 0 Å². The molecule has 10 heavy (non-hydrogen) atoms. The zero-order chi connectivity index (χ0) is 7.56. The molecule has 0 aromatic carbocycles. The van der Waals surface area contributed by atoms with Crippen molar-refractivity contribution in [3.05, 3.63) is 11.1 Å². The van der Waals surface area contributed by atoms with E-state index < -0.39 is 10.8 Å². The molecular formula is C6H9NOS2. The third kappa shape index (κ3) is 1.44. The van der Waals surface area contributed by atoms with Crippen LogP contribution in [0.3, 0.4) is 0 Å². The highest BCUT2D eigenvalue weighted by molar-refractivity contribution is 7.85. The van der Waals surface area contributed by atoms with Crippen LogP contribution in [0.2, 0.25) is 0 Å². The second kappa shape index (κ2) is 3.25. The molecule has 1 atom stereocenters. The second-order valence-corrected chi connectivity index (χ2v) is 4.24. The van der Waals surface area contributed by atoms with Gasteiger partial charge in [-0.15, -0.1) is 0 Å². The van der Waals surface area contributed by atoms with Crippen LogP contribution in [0.1, 0.15) is 12.6 Å². The van der Waals surface area contributed by atoms with Gasteiger partial charge in [0.1, 0.15) is 0 Å². The van der Waals surface area contributed by atoms with Crippen LogP contribution in [0.15, 0.2) is 10.3 Å². The summed E-state index contributed by atoms with van der Waals surface area (Å²) in [4.78, 5) is 0.896. The molecule has 2 nitrogen and oxygen atoms in total. The molecule has 0 fully saturated rings. The van der Waals surface area contributed by atoms with Crippen molar-refractivity contribution in [2.45, 2.75) is 18.7 Å². The van der Waals surface area contributed by atoms with E-state index in [1.54, 1.807) is 0 Å². The van der Waals surface area contributed by atoms with Crippen molar-refractivity contribution in [2.75, 3.05) is 5.75 Å². The van der Waals surface area contributed by atoms with Crippen molar-refractivity contribution in [1.82, 2.24) is 4.37 Å². The number of aryl methyl sites for hydroxylation is 1. The molecule has 1 rings (SSSR count). The maximum absolute atomic E-state index is 11.2. The fourth-order valence-corrected chi connectivity index (χ4v) is 2.54. The van der Waals surface area contributed by atoms with E-state index in [2.05, 4.69) is 4.37 Å². The SMILES string of the molecule is CCS(=O)c1csnc1C. The zero-order valence-corrected chi connectivity index (χ0v) is 7.59. The lowest BCUT2D eigenvalue weighted by Crippen LogP contribution is -1.93. The molecule has 0 aliphatic rings. The first-order valence-electron chi connectivity index (χ1n) is 3.05. The van der Waals surface area contributed by atoms with Crippen molar-refractivity contribution in [3.63, 3.8) is 0 Å². The highest BCUT2D eigenvalue weighted by atomic mass is 32.2. The van der Waals surface area contributed by atoms with E-state index in [0.717, 1.165) is 10.6 Å². The van der Waals surface area contributed by atoms with Crippen LogP contribution in [-0.4, -0.2) is 14.3 Å². The number of rotatable bonds is 2. The van der Waals surface area contributed by atoms with E-state index in [9.17, 15) is 4.21 Å². The van der Waals surface area contributed by atoms with Gasteiger partial charge in [-0.3, -0.25) is 4.21 Å². The molecule has 4 heteroatoms. The molecule has 1 aromatic rings. The number of hydrogen-bond donors (Lipinski definition) is 0. The summed E-state index contributed by atoms with van der Waals surface area (Å²) >= 11 is 1.37. The van der Waals surface area contributed by atoms with E-state index in [1.165, 1.54) is 11.5 Å². The molecule has 0 saturated carbocycles. The zero-order valence-electron chi connectivity index (χ0n) is 5.96. The van der Waals surface area contributed by atoms with Crippen LogP contribution in [0.4, 0.5) is 0 Å². The minimum absolute atomic E-state index is 0.680. The van der Waals surface area contributed by atoms with Gasteiger partial charge in [-0.1, -0.05) is 6.92 Å². The minimum Gasteiger partial charge on any atom is -0.254 e. The predicted molar refractivity (Wildman–Crippen MR) is 43.8 cm³/mol. The molecule has 56 valence electrons. The first kappa shape index (κ1) is 7.88. The summed E-state index contributed by atoms with van der Waals surface area (Å²) in [5, 5.41) is 1.86. The second-order valence-electron chi connectivity index (χ2n) is 1.90. The molecule has 1 heterocycles. The van der Waals surface area contributed by atoms with Crippen LogP contribution < -0.4 is 0 Å². The summed E-state index contributed by atoms with van der Waals surface area (Å²) in [5.41, 5.74) is 0.908. The third-order valence-electron chi connectivity index (χ3n) is 1.21. The number of hydrogen-bond acceptors (Lipinski definition) is 3. The molecule has 1 aromatic heterocycles. The molecule has 0 aliphatic carbocycles. The van der Waals surface area contributed by atoms with Crippen molar-refractivity contribution < 1.29 is 4.21 Å². The van der Waals surface area contributed by atoms with Crippen LogP contribution in [0.5, 0.6) is 0 Å². The smallest absolute Gasteiger partial charge is 0.0724 e. The lowest BCUT2D eigenvalue weighted by atomic mass is 10.5. The average Bonchev–Trinajstić information content (AvgIpc) is 2.34. The Labute approximate surface area is 66.9 Å². The summed E-state index contributed by atoms with van der Waals surface area (Å²) in [6.07, 6.45) is 0. The van der Waals surface area contributed by atoms with Crippen molar-refractivity contribution in [3.8, 4) is 0 Å². The monoisotopic (exact) mass is 175 g/mol. The molecule has 0 amide bonds. The standard InChI is InChI=1S/C6H9NOS2/c1-3-10(8)6-4-9-7-5(6)2/h4H,3H2,1-2H3. The Bertz CT molecular complexity index is 244. The van der Waals surface area contributed by atoms with Crippen LogP contribution >= 0.6 is 11.5 Å². The van der Waals surface area contributed by atoms with Gasteiger partial charge in [-0.05, 0) is 18.5 Å². The number of aromatic nitrogens is 1. The van der Waals surface area contributed by atoms with Crippen molar-refractivity contribution in [1.29, 1.82) is 0 Å². The normalized spacial score (nSPS) is 13.4. The van der Waals surface area contributed by atoms with Gasteiger partial charge >= 0.3 is 0 Å². The Kier molecular flexibility index (Phi) is 2.56.